The van der Waals surface area contributed by atoms with Crippen LogP contribution >= 0.6 is 0 Å². The van der Waals surface area contributed by atoms with Gasteiger partial charge < -0.3 is 9.64 Å². The fraction of sp³-hybridized carbons (Fsp3) is 0.174. The van der Waals surface area contributed by atoms with Gasteiger partial charge in [0.15, 0.2) is 6.10 Å². The van der Waals surface area contributed by atoms with Crippen LogP contribution in [-0.2, 0) is 14.3 Å². The number of amides is 2. The Kier molecular flexibility index (Phi) is 7.91. The van der Waals surface area contributed by atoms with Crippen molar-refractivity contribution in [2.75, 3.05) is 6.54 Å². The topological polar surface area (TPSA) is 75.7 Å². The highest BCUT2D eigenvalue weighted by Crippen LogP contribution is 2.25. The van der Waals surface area contributed by atoms with Crippen LogP contribution in [0.3, 0.4) is 0 Å². The zero-order valence-electron chi connectivity index (χ0n) is 16.5. The van der Waals surface area contributed by atoms with Crippen LogP contribution in [0.4, 0.5) is 4.79 Å². The first-order valence-corrected chi connectivity index (χ1v) is 9.08. The molecule has 0 atom stereocenters. The van der Waals surface area contributed by atoms with Crippen LogP contribution in [0.2, 0.25) is 0 Å². The molecule has 0 bridgehead atoms. The third-order valence-corrected chi connectivity index (χ3v) is 3.95. The van der Waals surface area contributed by atoms with Gasteiger partial charge in [0.25, 0.3) is 0 Å². The summed E-state index contributed by atoms with van der Waals surface area (Å²) in [6.45, 7) is 6.43. The number of allylic oxidation sites excluding steroid dienone is 1. The van der Waals surface area contributed by atoms with Gasteiger partial charge in [0.2, 0.25) is 5.91 Å². The van der Waals surface area contributed by atoms with E-state index in [1.165, 1.54) is 31.0 Å². The van der Waals surface area contributed by atoms with Crippen LogP contribution in [0.5, 0.6) is 0 Å². The van der Waals surface area contributed by atoms with Crippen molar-refractivity contribution in [3.05, 3.63) is 96.3 Å². The van der Waals surface area contributed by atoms with Crippen molar-refractivity contribution in [2.24, 2.45) is 0 Å². The van der Waals surface area contributed by atoms with Crippen LogP contribution in [0.25, 0.3) is 0 Å². The van der Waals surface area contributed by atoms with Gasteiger partial charge in [-0.05, 0) is 24.1 Å². The van der Waals surface area contributed by atoms with Crippen molar-refractivity contribution in [1.82, 2.24) is 10.2 Å². The largest absolute Gasteiger partial charge is 0.436 e. The summed E-state index contributed by atoms with van der Waals surface area (Å²) in [5, 5.41) is 2.53. The van der Waals surface area contributed by atoms with Crippen LogP contribution in [0, 0.1) is 0 Å². The number of hydrogen-bond acceptors (Lipinski definition) is 4. The van der Waals surface area contributed by atoms with E-state index in [4.69, 9.17) is 4.74 Å². The van der Waals surface area contributed by atoms with Crippen molar-refractivity contribution in [3.8, 4) is 0 Å². The molecule has 29 heavy (non-hydrogen) atoms. The molecule has 1 N–H and O–H groups in total. The highest BCUT2D eigenvalue weighted by atomic mass is 16.6. The van der Waals surface area contributed by atoms with Crippen LogP contribution in [-0.4, -0.2) is 29.2 Å². The number of benzene rings is 2. The average molecular weight is 392 g/mol. The quantitative estimate of drug-likeness (QED) is 0.690. The molecule has 0 fully saturated rings. The minimum Gasteiger partial charge on any atom is -0.436 e. The monoisotopic (exact) mass is 392 g/mol. The summed E-state index contributed by atoms with van der Waals surface area (Å²) in [4.78, 5) is 36.4. The number of nitrogens with zero attached hydrogens (tertiary/aromatic N) is 1. The van der Waals surface area contributed by atoms with Crippen molar-refractivity contribution in [1.29, 1.82) is 0 Å². The number of ether oxygens (including phenoxy) is 1. The molecule has 0 saturated heterocycles. The molecule has 0 unspecified atom stereocenters. The normalized spacial score (nSPS) is 10.6. The SMILES string of the molecule is C=C(/C=C\N(CC(C)=O)C(C)=O)NC(=O)OC(c1ccccc1)c1ccccc1. The number of hydrogen-bond donors (Lipinski definition) is 1. The van der Waals surface area contributed by atoms with E-state index in [1.54, 1.807) is 0 Å². The number of rotatable bonds is 8. The highest BCUT2D eigenvalue weighted by Gasteiger charge is 2.19. The molecule has 0 spiro atoms. The van der Waals surface area contributed by atoms with E-state index in [-0.39, 0.29) is 23.9 Å². The molecule has 150 valence electrons. The summed E-state index contributed by atoms with van der Waals surface area (Å²) in [5.74, 6) is -0.448. The van der Waals surface area contributed by atoms with E-state index < -0.39 is 12.2 Å². The fourth-order valence-corrected chi connectivity index (χ4v) is 2.58. The number of carbonyl (C=O) groups excluding carboxylic acids is 3. The Balaban J connectivity index is 2.06. The molecule has 0 heterocycles. The molecule has 2 rings (SSSR count). The first-order valence-electron chi connectivity index (χ1n) is 9.08. The van der Waals surface area contributed by atoms with Crippen LogP contribution < -0.4 is 5.32 Å². The summed E-state index contributed by atoms with van der Waals surface area (Å²) in [5.41, 5.74) is 1.89. The standard InChI is InChI=1S/C23H24N2O4/c1-17(14-15-25(19(3)27)16-18(2)26)24-23(28)29-22(20-10-6-4-7-11-20)21-12-8-5-9-13-21/h4-15,22H,1,16H2,2-3H3,(H,24,28)/b15-14-. The van der Waals surface area contributed by atoms with Gasteiger partial charge in [-0.15, -0.1) is 0 Å². The summed E-state index contributed by atoms with van der Waals surface area (Å²) >= 11 is 0. The van der Waals surface area contributed by atoms with Crippen LogP contribution in [0.15, 0.2) is 85.2 Å². The lowest BCUT2D eigenvalue weighted by Crippen LogP contribution is -2.29. The molecule has 2 aromatic carbocycles. The second-order valence-electron chi connectivity index (χ2n) is 6.42. The number of Topliss-reactive ketones (excluding diaryl/α,β-unsaturated/α-hetero) is 1. The molecule has 0 aromatic heterocycles. The highest BCUT2D eigenvalue weighted by molar-refractivity contribution is 5.84. The predicted octanol–water partition coefficient (Wildman–Crippen LogP) is 3.97. The third kappa shape index (κ3) is 7.10. The summed E-state index contributed by atoms with van der Waals surface area (Å²) < 4.78 is 5.63. The molecular formula is C23H24N2O4. The van der Waals surface area contributed by atoms with Crippen molar-refractivity contribution >= 4 is 17.8 Å². The second-order valence-corrected chi connectivity index (χ2v) is 6.42. The second kappa shape index (κ2) is 10.6. The Hall–Kier alpha value is -3.67. The van der Waals surface area contributed by atoms with Gasteiger partial charge in [0.1, 0.15) is 5.78 Å². The van der Waals surface area contributed by atoms with Crippen molar-refractivity contribution in [3.63, 3.8) is 0 Å². The van der Waals surface area contributed by atoms with E-state index in [0.29, 0.717) is 0 Å². The Morgan fingerprint density at radius 3 is 1.97 bits per heavy atom. The van der Waals surface area contributed by atoms with Gasteiger partial charge in [-0.3, -0.25) is 14.9 Å². The van der Waals surface area contributed by atoms with E-state index in [2.05, 4.69) is 11.9 Å². The lowest BCUT2D eigenvalue weighted by atomic mass is 10.0. The number of nitrogens with one attached hydrogen (secondary N) is 1. The first-order chi connectivity index (χ1) is 13.9. The summed E-state index contributed by atoms with van der Waals surface area (Å²) in [6.07, 6.45) is 1.57. The minimum atomic E-state index is -0.682. The first kappa shape index (κ1) is 21.6. The maximum absolute atomic E-state index is 12.4. The predicted molar refractivity (Wildman–Crippen MR) is 111 cm³/mol. The molecule has 0 radical (unpaired) electrons. The summed E-state index contributed by atoms with van der Waals surface area (Å²) in [6, 6.07) is 18.8. The maximum Gasteiger partial charge on any atom is 0.412 e. The van der Waals surface area contributed by atoms with E-state index in [0.717, 1.165) is 11.1 Å². The molecular weight excluding hydrogens is 368 g/mol. The summed E-state index contributed by atoms with van der Waals surface area (Å²) in [7, 11) is 0. The number of ketones is 1. The Morgan fingerprint density at radius 1 is 1.00 bits per heavy atom. The van der Waals surface area contributed by atoms with Crippen molar-refractivity contribution in [2.45, 2.75) is 20.0 Å². The van der Waals surface area contributed by atoms with Gasteiger partial charge in [-0.1, -0.05) is 67.2 Å². The van der Waals surface area contributed by atoms with Gasteiger partial charge >= 0.3 is 6.09 Å². The zero-order chi connectivity index (χ0) is 21.2. The smallest absolute Gasteiger partial charge is 0.412 e. The van der Waals surface area contributed by atoms with Gasteiger partial charge in [0.05, 0.1) is 6.54 Å². The van der Waals surface area contributed by atoms with Gasteiger partial charge in [-0.2, -0.15) is 0 Å². The molecule has 0 aliphatic heterocycles. The Morgan fingerprint density at radius 2 is 1.52 bits per heavy atom. The fourth-order valence-electron chi connectivity index (χ4n) is 2.58. The van der Waals surface area contributed by atoms with Crippen LogP contribution in [0.1, 0.15) is 31.1 Å². The molecule has 6 nitrogen and oxygen atoms in total. The number of alkyl carbamates (subject to hydrolysis) is 1. The van der Waals surface area contributed by atoms with E-state index in [9.17, 15) is 14.4 Å². The zero-order valence-corrected chi connectivity index (χ0v) is 16.5. The van der Waals surface area contributed by atoms with E-state index >= 15 is 0 Å². The molecule has 0 saturated carbocycles. The van der Waals surface area contributed by atoms with Gasteiger partial charge in [-0.25, -0.2) is 4.79 Å². The van der Waals surface area contributed by atoms with Gasteiger partial charge in [0, 0.05) is 18.8 Å². The maximum atomic E-state index is 12.4. The molecule has 0 aliphatic rings. The molecule has 2 amide bonds. The molecule has 2 aromatic rings. The molecule has 0 aliphatic carbocycles. The third-order valence-electron chi connectivity index (χ3n) is 3.95. The molecule has 6 heteroatoms. The minimum absolute atomic E-state index is 0.0480. The lowest BCUT2D eigenvalue weighted by molar-refractivity contribution is -0.130. The Bertz CT molecular complexity index is 852. The van der Waals surface area contributed by atoms with Crippen molar-refractivity contribution < 1.29 is 19.1 Å². The lowest BCUT2D eigenvalue weighted by Gasteiger charge is -2.19. The van der Waals surface area contributed by atoms with E-state index in [1.807, 2.05) is 60.7 Å². The Labute approximate surface area is 170 Å². The average Bonchev–Trinajstić information content (AvgIpc) is 2.70. The number of carbonyl (C=O) groups is 3.